The zero-order valence-electron chi connectivity index (χ0n) is 15.2. The van der Waals surface area contributed by atoms with Gasteiger partial charge in [0, 0.05) is 25.3 Å². The molecule has 140 valence electrons. The lowest BCUT2D eigenvalue weighted by Crippen LogP contribution is -2.33. The van der Waals surface area contributed by atoms with E-state index in [0.717, 1.165) is 26.1 Å². The number of guanidine groups is 1. The van der Waals surface area contributed by atoms with Crippen LogP contribution in [0.4, 0.5) is 5.69 Å². The van der Waals surface area contributed by atoms with Crippen LogP contribution in [0.1, 0.15) is 30.4 Å². The van der Waals surface area contributed by atoms with Gasteiger partial charge in [-0.1, -0.05) is 48.5 Å². The number of hydrogen-bond acceptors (Lipinski definition) is 2. The highest BCUT2D eigenvalue weighted by molar-refractivity contribution is 14.0. The molecule has 0 bridgehead atoms. The Hall–Kier alpha value is -1.76. The van der Waals surface area contributed by atoms with Crippen molar-refractivity contribution in [2.24, 2.45) is 10.7 Å². The Morgan fingerprint density at radius 1 is 0.962 bits per heavy atom. The minimum absolute atomic E-state index is 0. The highest BCUT2D eigenvalue weighted by Crippen LogP contribution is 2.24. The topological polar surface area (TPSA) is 53.6 Å². The van der Waals surface area contributed by atoms with Crippen LogP contribution in [-0.4, -0.2) is 25.6 Å². The molecule has 1 aliphatic rings. The summed E-state index contributed by atoms with van der Waals surface area (Å²) in [7, 11) is 0. The van der Waals surface area contributed by atoms with Crippen molar-refractivity contribution >= 4 is 35.6 Å². The number of nitrogens with zero attached hydrogens (tertiary/aromatic N) is 2. The summed E-state index contributed by atoms with van der Waals surface area (Å²) in [5.41, 5.74) is 9.90. The van der Waals surface area contributed by atoms with Gasteiger partial charge in [0.05, 0.1) is 6.54 Å². The van der Waals surface area contributed by atoms with Crippen LogP contribution in [-0.2, 0) is 13.0 Å². The molecule has 26 heavy (non-hydrogen) atoms. The molecule has 0 spiro atoms. The van der Waals surface area contributed by atoms with Gasteiger partial charge in [-0.15, -0.1) is 24.0 Å². The molecule has 1 saturated heterocycles. The van der Waals surface area contributed by atoms with Crippen molar-refractivity contribution < 1.29 is 0 Å². The maximum absolute atomic E-state index is 6.04. The molecule has 1 heterocycles. The van der Waals surface area contributed by atoms with Gasteiger partial charge in [-0.2, -0.15) is 0 Å². The van der Waals surface area contributed by atoms with Gasteiger partial charge in [0.2, 0.25) is 0 Å². The molecule has 4 nitrogen and oxygen atoms in total. The molecule has 0 aliphatic carbocycles. The van der Waals surface area contributed by atoms with Crippen molar-refractivity contribution in [1.82, 2.24) is 5.32 Å². The van der Waals surface area contributed by atoms with E-state index in [2.05, 4.69) is 63.7 Å². The molecule has 0 atom stereocenters. The zero-order valence-corrected chi connectivity index (χ0v) is 17.6. The molecule has 5 heteroatoms. The molecule has 0 unspecified atom stereocenters. The van der Waals surface area contributed by atoms with E-state index in [1.54, 1.807) is 0 Å². The number of benzene rings is 2. The zero-order chi connectivity index (χ0) is 17.3. The second kappa shape index (κ2) is 11.1. The highest BCUT2D eigenvalue weighted by Gasteiger charge is 2.13. The number of anilines is 1. The van der Waals surface area contributed by atoms with Crippen LogP contribution in [0.2, 0.25) is 0 Å². The fourth-order valence-corrected chi connectivity index (χ4v) is 3.29. The first-order valence-corrected chi connectivity index (χ1v) is 9.23. The van der Waals surface area contributed by atoms with Crippen molar-refractivity contribution in [3.05, 3.63) is 65.7 Å². The van der Waals surface area contributed by atoms with Gasteiger partial charge in [-0.05, 0) is 42.9 Å². The number of hydrogen-bond donors (Lipinski definition) is 2. The summed E-state index contributed by atoms with van der Waals surface area (Å²) in [6.07, 6.45) is 4.85. The van der Waals surface area contributed by atoms with Crippen molar-refractivity contribution in [1.29, 1.82) is 0 Å². The van der Waals surface area contributed by atoms with Crippen LogP contribution in [0.3, 0.4) is 0 Å². The van der Waals surface area contributed by atoms with E-state index in [1.807, 2.05) is 6.07 Å². The molecule has 0 amide bonds. The number of aliphatic imine (C=N–C) groups is 1. The van der Waals surface area contributed by atoms with E-state index in [9.17, 15) is 0 Å². The maximum atomic E-state index is 6.04. The van der Waals surface area contributed by atoms with E-state index >= 15 is 0 Å². The molecule has 0 radical (unpaired) electrons. The van der Waals surface area contributed by atoms with Crippen LogP contribution in [0.25, 0.3) is 0 Å². The molecule has 1 fully saturated rings. The lowest BCUT2D eigenvalue weighted by molar-refractivity contribution is 0.576. The Kier molecular flexibility index (Phi) is 8.74. The van der Waals surface area contributed by atoms with Crippen molar-refractivity contribution in [2.45, 2.75) is 32.2 Å². The fourth-order valence-electron chi connectivity index (χ4n) is 3.29. The predicted molar refractivity (Wildman–Crippen MR) is 121 cm³/mol. The molecule has 2 aromatic carbocycles. The van der Waals surface area contributed by atoms with Gasteiger partial charge in [-0.25, -0.2) is 4.99 Å². The molecule has 1 aliphatic heterocycles. The van der Waals surface area contributed by atoms with Crippen LogP contribution < -0.4 is 16.0 Å². The quantitative estimate of drug-likeness (QED) is 0.387. The number of nitrogens with one attached hydrogen (secondary N) is 1. The summed E-state index contributed by atoms with van der Waals surface area (Å²) in [5.74, 6) is 0.518. The second-order valence-electron chi connectivity index (χ2n) is 6.54. The van der Waals surface area contributed by atoms with Crippen LogP contribution in [0.15, 0.2) is 59.6 Å². The highest BCUT2D eigenvalue weighted by atomic mass is 127. The number of halogens is 1. The van der Waals surface area contributed by atoms with Crippen LogP contribution in [0, 0.1) is 0 Å². The lowest BCUT2D eigenvalue weighted by Gasteiger charge is -2.30. The van der Waals surface area contributed by atoms with Gasteiger partial charge in [0.25, 0.3) is 0 Å². The SMILES string of the molecule is I.NC(=NCc1ccccc1N1CCCCC1)NCCc1ccccc1. The van der Waals surface area contributed by atoms with Crippen molar-refractivity contribution in [3.8, 4) is 0 Å². The van der Waals surface area contributed by atoms with Gasteiger partial charge in [-0.3, -0.25) is 0 Å². The fraction of sp³-hybridized carbons (Fsp3) is 0.381. The Bertz CT molecular complexity index is 681. The van der Waals surface area contributed by atoms with Crippen molar-refractivity contribution in [2.75, 3.05) is 24.5 Å². The predicted octanol–water partition coefficient (Wildman–Crippen LogP) is 3.94. The Morgan fingerprint density at radius 3 is 2.42 bits per heavy atom. The van der Waals surface area contributed by atoms with E-state index in [4.69, 9.17) is 5.73 Å². The molecule has 0 aromatic heterocycles. The second-order valence-corrected chi connectivity index (χ2v) is 6.54. The summed E-state index contributed by atoms with van der Waals surface area (Å²) in [6, 6.07) is 19.0. The van der Waals surface area contributed by atoms with Crippen molar-refractivity contribution in [3.63, 3.8) is 0 Å². The summed E-state index contributed by atoms with van der Waals surface area (Å²) in [5, 5.41) is 3.21. The van der Waals surface area contributed by atoms with Gasteiger partial charge in [0.1, 0.15) is 0 Å². The van der Waals surface area contributed by atoms with Crippen LogP contribution >= 0.6 is 24.0 Å². The average Bonchev–Trinajstić information content (AvgIpc) is 2.68. The summed E-state index contributed by atoms with van der Waals surface area (Å²) in [6.45, 7) is 3.71. The number of piperidine rings is 1. The summed E-state index contributed by atoms with van der Waals surface area (Å²) < 4.78 is 0. The third-order valence-corrected chi connectivity index (χ3v) is 4.67. The molecule has 3 N–H and O–H groups in total. The molecule has 3 rings (SSSR count). The van der Waals surface area contributed by atoms with Gasteiger partial charge in [0.15, 0.2) is 5.96 Å². The van der Waals surface area contributed by atoms with Crippen LogP contribution in [0.5, 0.6) is 0 Å². The molecular weight excluding hydrogens is 435 g/mol. The smallest absolute Gasteiger partial charge is 0.188 e. The Balaban J connectivity index is 0.00000243. The lowest BCUT2D eigenvalue weighted by atomic mass is 10.1. The summed E-state index contributed by atoms with van der Waals surface area (Å²) in [4.78, 5) is 7.02. The number of rotatable bonds is 6. The van der Waals surface area contributed by atoms with E-state index in [0.29, 0.717) is 12.5 Å². The monoisotopic (exact) mass is 464 g/mol. The summed E-state index contributed by atoms with van der Waals surface area (Å²) >= 11 is 0. The minimum Gasteiger partial charge on any atom is -0.371 e. The molecular formula is C21H29IN4. The first kappa shape index (κ1) is 20.6. The first-order chi connectivity index (χ1) is 12.3. The normalized spacial score (nSPS) is 14.6. The Labute approximate surface area is 173 Å². The third kappa shape index (κ3) is 6.20. The largest absolute Gasteiger partial charge is 0.371 e. The third-order valence-electron chi connectivity index (χ3n) is 4.67. The molecule has 0 saturated carbocycles. The van der Waals surface area contributed by atoms with Gasteiger partial charge < -0.3 is 16.0 Å². The van der Waals surface area contributed by atoms with Gasteiger partial charge >= 0.3 is 0 Å². The van der Waals surface area contributed by atoms with E-state index < -0.39 is 0 Å². The number of nitrogens with two attached hydrogens (primary N) is 1. The average molecular weight is 464 g/mol. The van der Waals surface area contributed by atoms with E-state index in [1.165, 1.54) is 36.1 Å². The standard InChI is InChI=1S/C21H28N4.HI/c22-21(23-14-13-18-9-3-1-4-10-18)24-17-19-11-5-6-12-20(19)25-15-7-2-8-16-25;/h1,3-6,9-12H,2,7-8,13-17H2,(H3,22,23,24);1H. The maximum Gasteiger partial charge on any atom is 0.188 e. The number of para-hydroxylation sites is 1. The Morgan fingerprint density at radius 2 is 1.65 bits per heavy atom. The first-order valence-electron chi connectivity index (χ1n) is 9.23. The van der Waals surface area contributed by atoms with E-state index in [-0.39, 0.29) is 24.0 Å². The minimum atomic E-state index is 0. The molecule has 2 aromatic rings.